The highest BCUT2D eigenvalue weighted by molar-refractivity contribution is 5.95. The predicted molar refractivity (Wildman–Crippen MR) is 73.4 cm³/mol. The maximum atomic E-state index is 12.5. The van der Waals surface area contributed by atoms with E-state index in [1.807, 2.05) is 23.1 Å². The van der Waals surface area contributed by atoms with E-state index in [4.69, 9.17) is 9.84 Å². The van der Waals surface area contributed by atoms with Crippen LogP contribution < -0.4 is 4.74 Å². The normalized spacial score (nSPS) is 18.6. The van der Waals surface area contributed by atoms with Crippen molar-refractivity contribution in [3.05, 3.63) is 29.8 Å². The molecule has 1 fully saturated rings. The number of benzene rings is 1. The van der Waals surface area contributed by atoms with Crippen molar-refractivity contribution in [3.63, 3.8) is 0 Å². The van der Waals surface area contributed by atoms with Gasteiger partial charge in [0.05, 0.1) is 7.11 Å². The zero-order valence-electron chi connectivity index (χ0n) is 11.3. The molecule has 0 radical (unpaired) electrons. The third-order valence-electron chi connectivity index (χ3n) is 3.65. The second-order valence-corrected chi connectivity index (χ2v) is 4.89. The largest absolute Gasteiger partial charge is 0.497 e. The zero-order valence-corrected chi connectivity index (χ0v) is 11.3. The summed E-state index contributed by atoms with van der Waals surface area (Å²) in [5.74, 6) is 0.774. The van der Waals surface area contributed by atoms with Crippen LogP contribution in [0.25, 0.3) is 0 Å². The Bertz CT molecular complexity index is 433. The average molecular weight is 263 g/mol. The number of hydrogen-bond acceptors (Lipinski definition) is 3. The highest BCUT2D eigenvalue weighted by atomic mass is 16.5. The van der Waals surface area contributed by atoms with Crippen LogP contribution in [0.2, 0.25) is 0 Å². The van der Waals surface area contributed by atoms with Crippen LogP contribution in [0.15, 0.2) is 24.3 Å². The summed E-state index contributed by atoms with van der Waals surface area (Å²) in [6, 6.07) is 7.55. The predicted octanol–water partition coefficient (Wildman–Crippen LogP) is 2.07. The molecule has 4 heteroatoms. The van der Waals surface area contributed by atoms with Crippen molar-refractivity contribution in [2.75, 3.05) is 20.3 Å². The van der Waals surface area contributed by atoms with Crippen molar-refractivity contribution in [1.82, 2.24) is 4.90 Å². The molecule has 1 aromatic rings. The Kier molecular flexibility index (Phi) is 4.80. The first kappa shape index (κ1) is 13.9. The van der Waals surface area contributed by atoms with Gasteiger partial charge in [-0.2, -0.15) is 0 Å². The maximum Gasteiger partial charge on any atom is 0.254 e. The molecule has 1 N–H and O–H groups in total. The summed E-state index contributed by atoms with van der Waals surface area (Å²) in [4.78, 5) is 14.4. The second kappa shape index (κ2) is 6.57. The topological polar surface area (TPSA) is 49.8 Å². The standard InChI is InChI=1S/C15H21NO3/c1-19-14-8-2-5-12(11-14)15(18)16-9-3-6-13(16)7-4-10-17/h2,5,8,11,13,17H,3-4,6-7,9-10H2,1H3. The van der Waals surface area contributed by atoms with Crippen molar-refractivity contribution in [1.29, 1.82) is 0 Å². The molecule has 1 aliphatic heterocycles. The minimum atomic E-state index is 0.0688. The lowest BCUT2D eigenvalue weighted by Crippen LogP contribution is -2.35. The summed E-state index contributed by atoms with van der Waals surface area (Å²) >= 11 is 0. The van der Waals surface area contributed by atoms with Crippen molar-refractivity contribution in [3.8, 4) is 5.75 Å². The lowest BCUT2D eigenvalue weighted by molar-refractivity contribution is 0.0724. The lowest BCUT2D eigenvalue weighted by Gasteiger charge is -2.24. The monoisotopic (exact) mass is 263 g/mol. The van der Waals surface area contributed by atoms with Crippen molar-refractivity contribution in [2.45, 2.75) is 31.7 Å². The van der Waals surface area contributed by atoms with Gasteiger partial charge in [-0.05, 0) is 43.9 Å². The number of aliphatic hydroxyl groups excluding tert-OH is 1. The number of rotatable bonds is 5. The molecular formula is C15H21NO3. The van der Waals surface area contributed by atoms with E-state index >= 15 is 0 Å². The fourth-order valence-corrected chi connectivity index (χ4v) is 2.65. The SMILES string of the molecule is COc1cccc(C(=O)N2CCCC2CCCO)c1. The van der Waals surface area contributed by atoms with Gasteiger partial charge in [0, 0.05) is 24.8 Å². The van der Waals surface area contributed by atoms with E-state index in [2.05, 4.69) is 0 Å². The van der Waals surface area contributed by atoms with Crippen molar-refractivity contribution >= 4 is 5.91 Å². The Morgan fingerprint density at radius 1 is 1.53 bits per heavy atom. The molecule has 19 heavy (non-hydrogen) atoms. The van der Waals surface area contributed by atoms with Gasteiger partial charge in [-0.15, -0.1) is 0 Å². The number of likely N-dealkylation sites (tertiary alicyclic amines) is 1. The molecule has 4 nitrogen and oxygen atoms in total. The second-order valence-electron chi connectivity index (χ2n) is 4.89. The molecule has 0 bridgehead atoms. The fourth-order valence-electron chi connectivity index (χ4n) is 2.65. The number of nitrogens with zero attached hydrogens (tertiary/aromatic N) is 1. The highest BCUT2D eigenvalue weighted by Crippen LogP contribution is 2.24. The van der Waals surface area contributed by atoms with Gasteiger partial charge in [0.1, 0.15) is 5.75 Å². The smallest absolute Gasteiger partial charge is 0.254 e. The van der Waals surface area contributed by atoms with Gasteiger partial charge in [0.15, 0.2) is 0 Å². The third kappa shape index (κ3) is 3.26. The Morgan fingerprint density at radius 3 is 3.11 bits per heavy atom. The number of carbonyl (C=O) groups excluding carboxylic acids is 1. The first-order valence-corrected chi connectivity index (χ1v) is 6.82. The first-order chi connectivity index (χ1) is 9.26. The van der Waals surface area contributed by atoms with E-state index in [1.54, 1.807) is 13.2 Å². The fraction of sp³-hybridized carbons (Fsp3) is 0.533. The Morgan fingerprint density at radius 2 is 2.37 bits per heavy atom. The number of methoxy groups -OCH3 is 1. The van der Waals surface area contributed by atoms with Gasteiger partial charge < -0.3 is 14.7 Å². The minimum Gasteiger partial charge on any atom is -0.497 e. The quantitative estimate of drug-likeness (QED) is 0.884. The summed E-state index contributed by atoms with van der Waals surface area (Å²) in [7, 11) is 1.60. The molecule has 1 aliphatic rings. The Hall–Kier alpha value is -1.55. The van der Waals surface area contributed by atoms with Crippen LogP contribution >= 0.6 is 0 Å². The number of ether oxygens (including phenoxy) is 1. The number of amides is 1. The molecule has 1 unspecified atom stereocenters. The molecule has 1 heterocycles. The summed E-state index contributed by atoms with van der Waals surface area (Å²) in [5, 5.41) is 8.92. The van der Waals surface area contributed by atoms with E-state index in [-0.39, 0.29) is 18.6 Å². The van der Waals surface area contributed by atoms with E-state index in [0.29, 0.717) is 11.3 Å². The zero-order chi connectivity index (χ0) is 13.7. The van der Waals surface area contributed by atoms with Crippen LogP contribution in [0.5, 0.6) is 5.75 Å². The molecule has 0 saturated carbocycles. The molecule has 1 aromatic carbocycles. The van der Waals surface area contributed by atoms with Gasteiger partial charge in [-0.25, -0.2) is 0 Å². The molecule has 0 aromatic heterocycles. The van der Waals surface area contributed by atoms with E-state index in [9.17, 15) is 4.79 Å². The van der Waals surface area contributed by atoms with E-state index in [0.717, 1.165) is 32.2 Å². The van der Waals surface area contributed by atoms with Crippen molar-refractivity contribution < 1.29 is 14.6 Å². The summed E-state index contributed by atoms with van der Waals surface area (Å²) in [6.45, 7) is 1.00. The molecule has 0 spiro atoms. The first-order valence-electron chi connectivity index (χ1n) is 6.82. The van der Waals surface area contributed by atoms with Crippen LogP contribution in [-0.4, -0.2) is 42.2 Å². The molecular weight excluding hydrogens is 242 g/mol. The van der Waals surface area contributed by atoms with Crippen LogP contribution in [0.4, 0.5) is 0 Å². The van der Waals surface area contributed by atoms with Gasteiger partial charge in [0.25, 0.3) is 5.91 Å². The van der Waals surface area contributed by atoms with Crippen LogP contribution in [0.1, 0.15) is 36.0 Å². The van der Waals surface area contributed by atoms with E-state index < -0.39 is 0 Å². The summed E-state index contributed by atoms with van der Waals surface area (Å²) in [5.41, 5.74) is 0.676. The van der Waals surface area contributed by atoms with E-state index in [1.165, 1.54) is 0 Å². The molecule has 2 rings (SSSR count). The van der Waals surface area contributed by atoms with Gasteiger partial charge in [-0.3, -0.25) is 4.79 Å². The van der Waals surface area contributed by atoms with Crippen LogP contribution in [0, 0.1) is 0 Å². The van der Waals surface area contributed by atoms with Gasteiger partial charge >= 0.3 is 0 Å². The highest BCUT2D eigenvalue weighted by Gasteiger charge is 2.28. The number of aliphatic hydroxyl groups is 1. The van der Waals surface area contributed by atoms with Crippen LogP contribution in [-0.2, 0) is 0 Å². The number of hydrogen-bond donors (Lipinski definition) is 1. The van der Waals surface area contributed by atoms with Gasteiger partial charge in [0.2, 0.25) is 0 Å². The van der Waals surface area contributed by atoms with Crippen LogP contribution in [0.3, 0.4) is 0 Å². The van der Waals surface area contributed by atoms with Gasteiger partial charge in [-0.1, -0.05) is 6.07 Å². The molecule has 0 aliphatic carbocycles. The molecule has 1 atom stereocenters. The third-order valence-corrected chi connectivity index (χ3v) is 3.65. The Balaban J connectivity index is 2.09. The minimum absolute atomic E-state index is 0.0688. The average Bonchev–Trinajstić information content (AvgIpc) is 2.92. The Labute approximate surface area is 114 Å². The summed E-state index contributed by atoms with van der Waals surface area (Å²) < 4.78 is 5.16. The molecule has 1 saturated heterocycles. The lowest BCUT2D eigenvalue weighted by atomic mass is 10.1. The van der Waals surface area contributed by atoms with Crippen molar-refractivity contribution in [2.24, 2.45) is 0 Å². The number of carbonyl (C=O) groups is 1. The molecule has 104 valence electrons. The maximum absolute atomic E-state index is 12.5. The summed E-state index contributed by atoms with van der Waals surface area (Å²) in [6.07, 6.45) is 3.72. The molecule has 1 amide bonds.